The lowest BCUT2D eigenvalue weighted by Crippen LogP contribution is -2.49. The minimum absolute atomic E-state index is 0.0661. The Balaban J connectivity index is 1.35. The highest BCUT2D eigenvalue weighted by Crippen LogP contribution is 2.23. The number of carbonyl (C=O) groups excluding carboxylic acids is 2. The molecule has 8 heteroatoms. The van der Waals surface area contributed by atoms with Crippen LogP contribution < -0.4 is 4.74 Å². The van der Waals surface area contributed by atoms with Crippen molar-refractivity contribution in [2.45, 2.75) is 63.9 Å². The molecule has 0 N–H and O–H groups in total. The molecule has 2 aromatic carbocycles. The second-order valence-electron chi connectivity index (χ2n) is 11.2. The van der Waals surface area contributed by atoms with Gasteiger partial charge < -0.3 is 19.4 Å². The average Bonchev–Trinajstić information content (AvgIpc) is 3.32. The average molecular weight is 558 g/mol. The maximum absolute atomic E-state index is 13.6. The van der Waals surface area contributed by atoms with Gasteiger partial charge in [0.05, 0.1) is 18.4 Å². The molecule has 2 amide bonds. The third-order valence-electron chi connectivity index (χ3n) is 7.49. The van der Waals surface area contributed by atoms with Crippen LogP contribution in [0, 0.1) is 11.7 Å². The lowest BCUT2D eigenvalue weighted by atomic mass is 10.0. The summed E-state index contributed by atoms with van der Waals surface area (Å²) in [6.45, 7) is 9.14. The predicted octanol–water partition coefficient (Wildman–Crippen LogP) is 5.13. The zero-order chi connectivity index (χ0) is 27.8. The predicted molar refractivity (Wildman–Crippen MR) is 152 cm³/mol. The third kappa shape index (κ3) is 8.94. The summed E-state index contributed by atoms with van der Waals surface area (Å²) < 4.78 is 19.3. The molecule has 0 aromatic heterocycles. The Morgan fingerprint density at radius 2 is 1.69 bits per heavy atom. The number of hydrogen-bond acceptors (Lipinski definition) is 4. The van der Waals surface area contributed by atoms with Crippen LogP contribution in [0.25, 0.3) is 0 Å². The van der Waals surface area contributed by atoms with Gasteiger partial charge in [-0.05, 0) is 60.6 Å². The third-order valence-corrected chi connectivity index (χ3v) is 7.77. The molecule has 0 aliphatic carbocycles. The van der Waals surface area contributed by atoms with Crippen LogP contribution in [0.1, 0.15) is 50.7 Å². The van der Waals surface area contributed by atoms with Crippen molar-refractivity contribution >= 4 is 23.4 Å². The molecule has 6 nitrogen and oxygen atoms in total. The molecule has 0 radical (unpaired) electrons. The molecule has 2 aliphatic heterocycles. The minimum atomic E-state index is -0.282. The van der Waals surface area contributed by atoms with E-state index in [1.165, 1.54) is 12.1 Å². The summed E-state index contributed by atoms with van der Waals surface area (Å²) >= 11 is 6.63. The van der Waals surface area contributed by atoms with Crippen LogP contribution in [0.5, 0.6) is 5.75 Å². The Bertz CT molecular complexity index is 1070. The van der Waals surface area contributed by atoms with Gasteiger partial charge in [-0.15, -0.1) is 11.6 Å². The van der Waals surface area contributed by atoms with E-state index in [-0.39, 0.29) is 29.1 Å². The van der Waals surface area contributed by atoms with Gasteiger partial charge in [0, 0.05) is 51.7 Å². The van der Waals surface area contributed by atoms with Gasteiger partial charge in [0.2, 0.25) is 11.8 Å². The quantitative estimate of drug-likeness (QED) is 0.340. The number of rotatable bonds is 12. The van der Waals surface area contributed by atoms with E-state index in [9.17, 15) is 14.0 Å². The Hall–Kier alpha value is -2.64. The number of nitrogens with zero attached hydrogens (tertiary/aromatic N) is 3. The van der Waals surface area contributed by atoms with Gasteiger partial charge in [0.1, 0.15) is 11.6 Å². The molecule has 2 fully saturated rings. The molecule has 2 aliphatic rings. The first-order chi connectivity index (χ1) is 18.8. The van der Waals surface area contributed by atoms with Crippen LogP contribution in [-0.4, -0.2) is 77.3 Å². The number of carbonyl (C=O) groups is 2. The molecule has 2 aromatic rings. The number of ether oxygens (including phenoxy) is 1. The molecule has 0 bridgehead atoms. The van der Waals surface area contributed by atoms with E-state index in [4.69, 9.17) is 16.3 Å². The zero-order valence-electron chi connectivity index (χ0n) is 23.2. The number of halogens is 2. The molecule has 2 heterocycles. The molecule has 4 rings (SSSR count). The Morgan fingerprint density at radius 3 is 2.31 bits per heavy atom. The number of alkyl halides is 1. The van der Waals surface area contributed by atoms with Crippen LogP contribution in [0.15, 0.2) is 48.5 Å². The number of likely N-dealkylation sites (tertiary alicyclic amines) is 2. The van der Waals surface area contributed by atoms with Gasteiger partial charge in [0.25, 0.3) is 0 Å². The number of hydrogen-bond donors (Lipinski definition) is 0. The second-order valence-corrected chi connectivity index (χ2v) is 11.9. The van der Waals surface area contributed by atoms with Gasteiger partial charge in [-0.2, -0.15) is 0 Å². The van der Waals surface area contributed by atoms with Gasteiger partial charge in [0.15, 0.2) is 0 Å². The van der Waals surface area contributed by atoms with Crippen LogP contribution >= 0.6 is 11.6 Å². The first kappa shape index (κ1) is 29.3. The van der Waals surface area contributed by atoms with E-state index in [1.807, 2.05) is 34.1 Å². The van der Waals surface area contributed by atoms with Crippen LogP contribution in [0.4, 0.5) is 4.39 Å². The largest absolute Gasteiger partial charge is 0.493 e. The summed E-state index contributed by atoms with van der Waals surface area (Å²) in [4.78, 5) is 31.7. The zero-order valence-corrected chi connectivity index (χ0v) is 23.9. The van der Waals surface area contributed by atoms with Gasteiger partial charge in [-0.25, -0.2) is 4.39 Å². The van der Waals surface area contributed by atoms with Gasteiger partial charge in [-0.3, -0.25) is 9.59 Å². The van der Waals surface area contributed by atoms with Crippen LogP contribution in [-0.2, 0) is 22.6 Å². The highest BCUT2D eigenvalue weighted by Gasteiger charge is 2.30. The molecule has 212 valence electrons. The Morgan fingerprint density at radius 1 is 1.03 bits per heavy atom. The molecule has 39 heavy (non-hydrogen) atoms. The highest BCUT2D eigenvalue weighted by molar-refractivity contribution is 6.21. The summed E-state index contributed by atoms with van der Waals surface area (Å²) in [6, 6.07) is 14.3. The minimum Gasteiger partial charge on any atom is -0.493 e. The maximum Gasteiger partial charge on any atom is 0.227 e. The summed E-state index contributed by atoms with van der Waals surface area (Å²) in [5, 5.41) is -0.104. The lowest BCUT2D eigenvalue weighted by molar-refractivity contribution is -0.134. The first-order valence-electron chi connectivity index (χ1n) is 14.2. The maximum atomic E-state index is 13.6. The van der Waals surface area contributed by atoms with Crippen molar-refractivity contribution in [2.75, 3.05) is 39.3 Å². The fraction of sp³-hybridized carbons (Fsp3) is 0.548. The number of piperidine rings is 1. The monoisotopic (exact) mass is 557 g/mol. The topological polar surface area (TPSA) is 53.1 Å². The fourth-order valence-corrected chi connectivity index (χ4v) is 5.70. The molecular weight excluding hydrogens is 517 g/mol. The van der Waals surface area contributed by atoms with Crippen molar-refractivity contribution < 1.29 is 18.7 Å². The molecule has 0 spiro atoms. The summed E-state index contributed by atoms with van der Waals surface area (Å²) in [7, 11) is 0. The fourth-order valence-electron chi connectivity index (χ4n) is 5.34. The standard InChI is InChI=1S/C31H41ClFN3O3/c1-23(2)22-39-29-11-7-24(8-12-29)18-31(38)36(19-25-5-9-27(33)10-6-25)28-13-16-34(17-14-28)20-26(32)21-35-15-3-4-30(35)37/h5-12,23,26,28H,3-4,13-22H2,1-2H3. The summed E-state index contributed by atoms with van der Waals surface area (Å²) in [5.41, 5.74) is 1.86. The SMILES string of the molecule is CC(C)COc1ccc(CC(=O)N(Cc2ccc(F)cc2)C2CCN(CC(Cl)CN3CCCC3=O)CC2)cc1. The van der Waals surface area contributed by atoms with Crippen LogP contribution in [0.2, 0.25) is 0 Å². The number of benzene rings is 2. The van der Waals surface area contributed by atoms with Crippen molar-refractivity contribution in [3.05, 3.63) is 65.5 Å². The Kier molecular flexibility index (Phi) is 10.6. The first-order valence-corrected chi connectivity index (χ1v) is 14.6. The summed E-state index contributed by atoms with van der Waals surface area (Å²) in [5.74, 6) is 1.24. The van der Waals surface area contributed by atoms with Crippen LogP contribution in [0.3, 0.4) is 0 Å². The van der Waals surface area contributed by atoms with E-state index in [0.717, 1.165) is 62.3 Å². The van der Waals surface area contributed by atoms with Crippen molar-refractivity contribution in [2.24, 2.45) is 5.92 Å². The highest BCUT2D eigenvalue weighted by atomic mass is 35.5. The smallest absolute Gasteiger partial charge is 0.227 e. The van der Waals surface area contributed by atoms with E-state index in [0.29, 0.717) is 38.5 Å². The lowest BCUT2D eigenvalue weighted by Gasteiger charge is -2.39. The molecule has 0 saturated carbocycles. The van der Waals surface area contributed by atoms with Crippen molar-refractivity contribution in [1.29, 1.82) is 0 Å². The normalized spacial score (nSPS) is 17.6. The van der Waals surface area contributed by atoms with E-state index in [1.54, 1.807) is 12.1 Å². The van der Waals surface area contributed by atoms with E-state index in [2.05, 4.69) is 18.7 Å². The van der Waals surface area contributed by atoms with Crippen molar-refractivity contribution in [3.8, 4) is 5.75 Å². The molecule has 1 atom stereocenters. The second kappa shape index (κ2) is 14.1. The molecule has 1 unspecified atom stereocenters. The van der Waals surface area contributed by atoms with Crippen molar-refractivity contribution in [1.82, 2.24) is 14.7 Å². The Labute approximate surface area is 237 Å². The van der Waals surface area contributed by atoms with Gasteiger partial charge >= 0.3 is 0 Å². The van der Waals surface area contributed by atoms with E-state index >= 15 is 0 Å². The van der Waals surface area contributed by atoms with Crippen molar-refractivity contribution in [3.63, 3.8) is 0 Å². The molecule has 2 saturated heterocycles. The van der Waals surface area contributed by atoms with E-state index < -0.39 is 0 Å². The summed E-state index contributed by atoms with van der Waals surface area (Å²) in [6.07, 6.45) is 3.55. The van der Waals surface area contributed by atoms with Gasteiger partial charge in [-0.1, -0.05) is 38.1 Å². The number of amides is 2. The molecular formula is C31H41ClFN3O3.